The van der Waals surface area contributed by atoms with Crippen LogP contribution in [0.15, 0.2) is 12.2 Å². The third-order valence-electron chi connectivity index (χ3n) is 4.82. The first-order chi connectivity index (χ1) is 13.7. The Hall–Kier alpha value is -2.62. The molecule has 0 saturated heterocycles. The van der Waals surface area contributed by atoms with Crippen molar-refractivity contribution < 1.29 is 23.9 Å². The molecule has 1 aliphatic rings. The van der Waals surface area contributed by atoms with E-state index in [-0.39, 0.29) is 25.0 Å². The van der Waals surface area contributed by atoms with E-state index in [0.29, 0.717) is 19.3 Å². The minimum Gasteiger partial charge on any atom is -0.449 e. The molecule has 10 heteroatoms. The molecule has 0 aromatic carbocycles. The average molecular weight is 412 g/mol. The van der Waals surface area contributed by atoms with E-state index >= 15 is 0 Å². The van der Waals surface area contributed by atoms with Crippen LogP contribution in [0.2, 0.25) is 0 Å². The number of ether oxygens (including phenoxy) is 1. The van der Waals surface area contributed by atoms with Crippen LogP contribution in [0.4, 0.5) is 14.4 Å². The molecule has 2 atom stereocenters. The summed E-state index contributed by atoms with van der Waals surface area (Å²) in [6.07, 6.45) is 4.69. The quantitative estimate of drug-likeness (QED) is 0.607. The second kappa shape index (κ2) is 12.1. The van der Waals surface area contributed by atoms with E-state index in [9.17, 15) is 19.2 Å². The van der Waals surface area contributed by atoms with Crippen molar-refractivity contribution >= 4 is 24.1 Å². The Labute approximate surface area is 172 Å². The standard InChI is InChI=1S/C19H33N5O5/c1-20-17(26)23(5)16(25)15-10-7-6-9-14(15)13-29-19(28)24(18(27)21-2)12-8-11-22(3)4/h6-7,14-15H,8-13H2,1-5H3,(H,20,26)(H,21,27). The molecular weight excluding hydrogens is 378 g/mol. The molecule has 0 radical (unpaired) electrons. The summed E-state index contributed by atoms with van der Waals surface area (Å²) in [7, 11) is 8.14. The summed E-state index contributed by atoms with van der Waals surface area (Å²) in [5.74, 6) is -1.07. The molecular formula is C19H33N5O5. The fraction of sp³-hybridized carbons (Fsp3) is 0.684. The highest BCUT2D eigenvalue weighted by Gasteiger charge is 2.34. The van der Waals surface area contributed by atoms with Crippen LogP contribution in [0.25, 0.3) is 0 Å². The van der Waals surface area contributed by atoms with Crippen LogP contribution in [-0.4, -0.2) is 93.7 Å². The highest BCUT2D eigenvalue weighted by molar-refractivity contribution is 5.95. The van der Waals surface area contributed by atoms with Crippen molar-refractivity contribution in [1.82, 2.24) is 25.3 Å². The number of nitrogens with zero attached hydrogens (tertiary/aromatic N) is 3. The Kier molecular flexibility index (Phi) is 10.1. The van der Waals surface area contributed by atoms with Crippen molar-refractivity contribution in [3.63, 3.8) is 0 Å². The SMILES string of the molecule is CNC(=O)N(C)C(=O)C1CC=CCC1COC(=O)N(CCCN(C)C)C(=O)NC. The van der Waals surface area contributed by atoms with Crippen LogP contribution in [0.3, 0.4) is 0 Å². The summed E-state index contributed by atoms with van der Waals surface area (Å²) in [6.45, 7) is 0.933. The second-order valence-corrected chi connectivity index (χ2v) is 7.20. The molecule has 2 N–H and O–H groups in total. The van der Waals surface area contributed by atoms with Gasteiger partial charge in [-0.1, -0.05) is 12.2 Å². The first-order valence-corrected chi connectivity index (χ1v) is 9.67. The van der Waals surface area contributed by atoms with Crippen molar-refractivity contribution in [2.75, 3.05) is 54.9 Å². The van der Waals surface area contributed by atoms with E-state index in [1.807, 2.05) is 31.1 Å². The fourth-order valence-corrected chi connectivity index (χ4v) is 3.09. The van der Waals surface area contributed by atoms with Gasteiger partial charge in [0.1, 0.15) is 0 Å². The van der Waals surface area contributed by atoms with Gasteiger partial charge in [-0.2, -0.15) is 0 Å². The monoisotopic (exact) mass is 411 g/mol. The van der Waals surface area contributed by atoms with Gasteiger partial charge in [0.05, 0.1) is 6.61 Å². The number of hydrogen-bond acceptors (Lipinski definition) is 6. The molecule has 1 aliphatic carbocycles. The van der Waals surface area contributed by atoms with Gasteiger partial charge < -0.3 is 20.3 Å². The zero-order valence-corrected chi connectivity index (χ0v) is 17.9. The number of allylic oxidation sites excluding steroid dienone is 2. The highest BCUT2D eigenvalue weighted by Crippen LogP contribution is 2.27. The van der Waals surface area contributed by atoms with Gasteiger partial charge in [0.2, 0.25) is 5.91 Å². The van der Waals surface area contributed by atoms with Gasteiger partial charge >= 0.3 is 18.2 Å². The maximum atomic E-state index is 12.7. The van der Waals surface area contributed by atoms with Crippen molar-refractivity contribution in [3.8, 4) is 0 Å². The lowest BCUT2D eigenvalue weighted by Crippen LogP contribution is -2.46. The molecule has 164 valence electrons. The Bertz CT molecular complexity index is 622. The van der Waals surface area contributed by atoms with Gasteiger partial charge in [-0.05, 0) is 39.9 Å². The number of hydrogen-bond donors (Lipinski definition) is 2. The lowest BCUT2D eigenvalue weighted by Gasteiger charge is -2.30. The smallest absolute Gasteiger partial charge is 0.417 e. The highest BCUT2D eigenvalue weighted by atomic mass is 16.6. The summed E-state index contributed by atoms with van der Waals surface area (Å²) < 4.78 is 5.38. The number of carbonyl (C=O) groups is 4. The molecule has 0 spiro atoms. The first-order valence-electron chi connectivity index (χ1n) is 9.67. The van der Waals surface area contributed by atoms with Gasteiger partial charge in [0.25, 0.3) is 0 Å². The maximum Gasteiger partial charge on any atom is 0.417 e. The molecule has 0 aromatic rings. The number of imide groups is 2. The Morgan fingerprint density at radius 1 is 0.966 bits per heavy atom. The first kappa shape index (κ1) is 24.4. The molecule has 29 heavy (non-hydrogen) atoms. The summed E-state index contributed by atoms with van der Waals surface area (Å²) in [6, 6.07) is -1.03. The van der Waals surface area contributed by atoms with E-state index in [4.69, 9.17) is 4.74 Å². The van der Waals surface area contributed by atoms with Crippen LogP contribution in [0.5, 0.6) is 0 Å². The van der Waals surface area contributed by atoms with E-state index < -0.39 is 24.1 Å². The summed E-state index contributed by atoms with van der Waals surface area (Å²) in [5.41, 5.74) is 0. The molecule has 0 saturated carbocycles. The second-order valence-electron chi connectivity index (χ2n) is 7.20. The maximum absolute atomic E-state index is 12.7. The zero-order valence-electron chi connectivity index (χ0n) is 17.9. The molecule has 0 fully saturated rings. The number of urea groups is 2. The third kappa shape index (κ3) is 7.37. The molecule has 0 heterocycles. The Morgan fingerprint density at radius 3 is 2.17 bits per heavy atom. The summed E-state index contributed by atoms with van der Waals surface area (Å²) in [5, 5.41) is 4.86. The van der Waals surface area contributed by atoms with Crippen molar-refractivity contribution in [1.29, 1.82) is 0 Å². The van der Waals surface area contributed by atoms with E-state index in [0.717, 1.165) is 16.3 Å². The van der Waals surface area contributed by atoms with Crippen molar-refractivity contribution in [2.24, 2.45) is 11.8 Å². The van der Waals surface area contributed by atoms with Crippen molar-refractivity contribution in [3.05, 3.63) is 12.2 Å². The van der Waals surface area contributed by atoms with E-state index in [2.05, 4.69) is 10.6 Å². The Morgan fingerprint density at radius 2 is 1.59 bits per heavy atom. The number of carbonyl (C=O) groups excluding carboxylic acids is 4. The van der Waals surface area contributed by atoms with Crippen LogP contribution in [0.1, 0.15) is 19.3 Å². The number of nitrogens with one attached hydrogen (secondary N) is 2. The van der Waals surface area contributed by atoms with E-state index in [1.54, 1.807) is 0 Å². The number of rotatable bonds is 7. The lowest BCUT2D eigenvalue weighted by atomic mass is 9.82. The molecule has 0 bridgehead atoms. The average Bonchev–Trinajstić information content (AvgIpc) is 2.72. The molecule has 0 aromatic heterocycles. The molecule has 6 amide bonds. The third-order valence-corrected chi connectivity index (χ3v) is 4.82. The normalized spacial score (nSPS) is 18.1. The minimum absolute atomic E-state index is 0.0116. The predicted octanol–water partition coefficient (Wildman–Crippen LogP) is 1.10. The fourth-order valence-electron chi connectivity index (χ4n) is 3.09. The van der Waals surface area contributed by atoms with Gasteiger partial charge in [0, 0.05) is 39.5 Å². The van der Waals surface area contributed by atoms with Gasteiger partial charge in [-0.3, -0.25) is 9.69 Å². The zero-order chi connectivity index (χ0) is 22.0. The van der Waals surface area contributed by atoms with Gasteiger partial charge in [0.15, 0.2) is 0 Å². The van der Waals surface area contributed by atoms with Crippen molar-refractivity contribution in [2.45, 2.75) is 19.3 Å². The van der Waals surface area contributed by atoms with Crippen LogP contribution in [0, 0.1) is 11.8 Å². The van der Waals surface area contributed by atoms with Crippen LogP contribution < -0.4 is 10.6 Å². The van der Waals surface area contributed by atoms with Gasteiger partial charge in [-0.25, -0.2) is 19.3 Å². The molecule has 10 nitrogen and oxygen atoms in total. The van der Waals surface area contributed by atoms with Crippen LogP contribution in [-0.2, 0) is 9.53 Å². The Balaban J connectivity index is 2.73. The number of amides is 6. The summed E-state index contributed by atoms with van der Waals surface area (Å²) in [4.78, 5) is 52.9. The molecule has 1 rings (SSSR count). The topological polar surface area (TPSA) is 111 Å². The predicted molar refractivity (Wildman–Crippen MR) is 108 cm³/mol. The molecule has 0 aliphatic heterocycles. The van der Waals surface area contributed by atoms with Crippen LogP contribution >= 0.6 is 0 Å². The molecule has 2 unspecified atom stereocenters. The van der Waals surface area contributed by atoms with E-state index in [1.165, 1.54) is 21.1 Å². The van der Waals surface area contributed by atoms with Gasteiger partial charge in [-0.15, -0.1) is 0 Å². The summed E-state index contributed by atoms with van der Waals surface area (Å²) >= 11 is 0. The lowest BCUT2D eigenvalue weighted by molar-refractivity contribution is -0.134. The largest absolute Gasteiger partial charge is 0.449 e. The minimum atomic E-state index is -0.747.